The van der Waals surface area contributed by atoms with Crippen molar-refractivity contribution >= 4 is 28.3 Å². The lowest BCUT2D eigenvalue weighted by atomic mass is 10.0. The van der Waals surface area contributed by atoms with Gasteiger partial charge in [0, 0.05) is 48.4 Å². The number of carbonyl (C=O) groups is 1. The van der Waals surface area contributed by atoms with Crippen LogP contribution in [0.1, 0.15) is 17.7 Å². The minimum atomic E-state index is -0.0967. The molecule has 1 aliphatic rings. The molecule has 2 amide bonds. The summed E-state index contributed by atoms with van der Waals surface area (Å²) >= 11 is 0. The maximum absolute atomic E-state index is 12.8. The van der Waals surface area contributed by atoms with E-state index in [4.69, 9.17) is 0 Å². The molecule has 7 nitrogen and oxygen atoms in total. The number of aromatic amines is 1. The molecule has 2 N–H and O–H groups in total. The molecule has 0 saturated heterocycles. The summed E-state index contributed by atoms with van der Waals surface area (Å²) in [5.41, 5.74) is 5.88. The molecule has 30 heavy (non-hydrogen) atoms. The highest BCUT2D eigenvalue weighted by molar-refractivity contribution is 5.93. The fourth-order valence-electron chi connectivity index (χ4n) is 3.88. The van der Waals surface area contributed by atoms with E-state index in [0.29, 0.717) is 13.1 Å². The lowest BCUT2D eigenvalue weighted by Crippen LogP contribution is -2.38. The molecular formula is C23H22N6O. The molecule has 0 saturated carbocycles. The van der Waals surface area contributed by atoms with Crippen LogP contribution in [0.2, 0.25) is 0 Å². The van der Waals surface area contributed by atoms with Crippen molar-refractivity contribution in [2.24, 2.45) is 0 Å². The molecule has 3 aromatic heterocycles. The van der Waals surface area contributed by atoms with E-state index in [0.717, 1.165) is 45.7 Å². The average molecular weight is 398 g/mol. The molecular weight excluding hydrogens is 376 g/mol. The number of nitrogens with zero attached hydrogens (tertiary/aromatic N) is 4. The molecule has 0 radical (unpaired) electrons. The number of fused-ring (bicyclic) bond motifs is 1. The van der Waals surface area contributed by atoms with Gasteiger partial charge in [0.25, 0.3) is 0 Å². The van der Waals surface area contributed by atoms with Gasteiger partial charge in [0.15, 0.2) is 0 Å². The number of hydrogen-bond donors (Lipinski definition) is 2. The Labute approximate surface area is 174 Å². The summed E-state index contributed by atoms with van der Waals surface area (Å²) in [4.78, 5) is 26.6. The second-order valence-corrected chi connectivity index (χ2v) is 7.41. The molecule has 150 valence electrons. The Balaban J connectivity index is 1.31. The fraction of sp³-hybridized carbons (Fsp3) is 0.174. The van der Waals surface area contributed by atoms with Crippen LogP contribution in [-0.4, -0.2) is 43.5 Å². The molecule has 1 aromatic carbocycles. The maximum atomic E-state index is 12.8. The Hall–Kier alpha value is -3.87. The Morgan fingerprint density at radius 2 is 2.03 bits per heavy atom. The second-order valence-electron chi connectivity index (χ2n) is 7.41. The summed E-state index contributed by atoms with van der Waals surface area (Å²) in [6.07, 6.45) is 10.3. The Morgan fingerprint density at radius 1 is 1.17 bits per heavy atom. The average Bonchev–Trinajstić information content (AvgIpc) is 3.45. The SMILES string of the molecule is Cc1c[nH]c2ncnc(C3=CCN(C(=O)Nc4cccc(-n5cccc5)c4)CC3)c12. The maximum Gasteiger partial charge on any atom is 0.322 e. The standard InChI is InChI=1S/C23H22N6O/c1-16-14-24-22-20(16)21(25-15-26-22)17-7-11-29(12-8-17)23(30)27-18-5-4-6-19(13-18)28-9-2-3-10-28/h2-7,9-10,13-15H,8,11-12H2,1H3,(H,27,30)(H,24,25,26). The van der Waals surface area contributed by atoms with Gasteiger partial charge >= 0.3 is 6.03 Å². The molecule has 4 heterocycles. The number of nitrogens with one attached hydrogen (secondary N) is 2. The highest BCUT2D eigenvalue weighted by atomic mass is 16.2. The number of carbonyl (C=O) groups excluding carboxylic acids is 1. The fourth-order valence-corrected chi connectivity index (χ4v) is 3.88. The van der Waals surface area contributed by atoms with E-state index in [1.165, 1.54) is 0 Å². The number of aromatic nitrogens is 4. The number of rotatable bonds is 3. The minimum Gasteiger partial charge on any atom is -0.346 e. The van der Waals surface area contributed by atoms with Crippen molar-refractivity contribution in [3.8, 4) is 5.69 Å². The highest BCUT2D eigenvalue weighted by Crippen LogP contribution is 2.28. The molecule has 0 spiro atoms. The summed E-state index contributed by atoms with van der Waals surface area (Å²) in [7, 11) is 0. The number of anilines is 1. The van der Waals surface area contributed by atoms with Gasteiger partial charge < -0.3 is 19.8 Å². The zero-order valence-electron chi connectivity index (χ0n) is 16.7. The van der Waals surface area contributed by atoms with Crippen molar-refractivity contribution in [1.29, 1.82) is 0 Å². The van der Waals surface area contributed by atoms with Crippen molar-refractivity contribution in [2.45, 2.75) is 13.3 Å². The van der Waals surface area contributed by atoms with E-state index >= 15 is 0 Å². The highest BCUT2D eigenvalue weighted by Gasteiger charge is 2.21. The summed E-state index contributed by atoms with van der Waals surface area (Å²) in [5, 5.41) is 4.08. The molecule has 5 rings (SSSR count). The quantitative estimate of drug-likeness (QED) is 0.538. The number of H-pyrrole nitrogens is 1. The number of aryl methyl sites for hydroxylation is 1. The zero-order chi connectivity index (χ0) is 20.5. The smallest absolute Gasteiger partial charge is 0.322 e. The van der Waals surface area contributed by atoms with Gasteiger partial charge in [0.1, 0.15) is 12.0 Å². The number of hydrogen-bond acceptors (Lipinski definition) is 3. The van der Waals surface area contributed by atoms with Gasteiger partial charge in [-0.3, -0.25) is 0 Å². The predicted octanol–water partition coefficient (Wildman–Crippen LogP) is 4.38. The van der Waals surface area contributed by atoms with Gasteiger partial charge in [-0.05, 0) is 54.8 Å². The topological polar surface area (TPSA) is 78.8 Å². The van der Waals surface area contributed by atoms with Crippen molar-refractivity contribution in [3.05, 3.63) is 78.6 Å². The van der Waals surface area contributed by atoms with Crippen LogP contribution in [0, 0.1) is 6.92 Å². The molecule has 0 fully saturated rings. The number of urea groups is 1. The van der Waals surface area contributed by atoms with Gasteiger partial charge in [0.05, 0.1) is 5.69 Å². The van der Waals surface area contributed by atoms with Crippen molar-refractivity contribution in [1.82, 2.24) is 24.4 Å². The van der Waals surface area contributed by atoms with E-state index in [2.05, 4.69) is 33.3 Å². The van der Waals surface area contributed by atoms with E-state index < -0.39 is 0 Å². The first-order valence-corrected chi connectivity index (χ1v) is 9.96. The second kappa shape index (κ2) is 7.51. The predicted molar refractivity (Wildman–Crippen MR) is 118 cm³/mol. The zero-order valence-corrected chi connectivity index (χ0v) is 16.7. The van der Waals surface area contributed by atoms with E-state index in [-0.39, 0.29) is 6.03 Å². The molecule has 0 unspecified atom stereocenters. The third-order valence-electron chi connectivity index (χ3n) is 5.47. The van der Waals surface area contributed by atoms with Gasteiger partial charge in [-0.2, -0.15) is 0 Å². The monoisotopic (exact) mass is 398 g/mol. The van der Waals surface area contributed by atoms with Gasteiger partial charge in [-0.1, -0.05) is 12.1 Å². The van der Waals surface area contributed by atoms with Crippen LogP contribution >= 0.6 is 0 Å². The van der Waals surface area contributed by atoms with Crippen molar-refractivity contribution < 1.29 is 4.79 Å². The van der Waals surface area contributed by atoms with E-state index in [1.807, 2.05) is 64.5 Å². The first-order valence-electron chi connectivity index (χ1n) is 9.96. The van der Waals surface area contributed by atoms with Gasteiger partial charge in [-0.15, -0.1) is 0 Å². The minimum absolute atomic E-state index is 0.0967. The third kappa shape index (κ3) is 3.34. The van der Waals surface area contributed by atoms with Crippen LogP contribution in [0.5, 0.6) is 0 Å². The van der Waals surface area contributed by atoms with Crippen LogP contribution in [-0.2, 0) is 0 Å². The molecule has 0 bridgehead atoms. The van der Waals surface area contributed by atoms with Crippen LogP contribution in [0.3, 0.4) is 0 Å². The van der Waals surface area contributed by atoms with Crippen LogP contribution < -0.4 is 5.32 Å². The van der Waals surface area contributed by atoms with E-state index in [9.17, 15) is 4.79 Å². The number of amides is 2. The molecule has 1 aliphatic heterocycles. The summed E-state index contributed by atoms with van der Waals surface area (Å²) in [6.45, 7) is 3.24. The van der Waals surface area contributed by atoms with Crippen LogP contribution in [0.4, 0.5) is 10.5 Å². The van der Waals surface area contributed by atoms with E-state index in [1.54, 1.807) is 6.33 Å². The largest absolute Gasteiger partial charge is 0.346 e. The normalized spacial score (nSPS) is 14.0. The Bertz CT molecular complexity index is 1240. The molecule has 0 atom stereocenters. The molecule has 4 aromatic rings. The van der Waals surface area contributed by atoms with Gasteiger partial charge in [0.2, 0.25) is 0 Å². The molecule has 0 aliphatic carbocycles. The lowest BCUT2D eigenvalue weighted by molar-refractivity contribution is 0.217. The van der Waals surface area contributed by atoms with Crippen molar-refractivity contribution in [3.63, 3.8) is 0 Å². The summed E-state index contributed by atoms with van der Waals surface area (Å²) in [5.74, 6) is 0. The Morgan fingerprint density at radius 3 is 2.83 bits per heavy atom. The van der Waals surface area contributed by atoms with Crippen LogP contribution in [0.25, 0.3) is 22.3 Å². The Kier molecular flexibility index (Phi) is 4.55. The van der Waals surface area contributed by atoms with Gasteiger partial charge in [-0.25, -0.2) is 14.8 Å². The summed E-state index contributed by atoms with van der Waals surface area (Å²) in [6, 6.07) is 11.7. The lowest BCUT2D eigenvalue weighted by Gasteiger charge is -2.27. The first-order chi connectivity index (χ1) is 14.7. The molecule has 7 heteroatoms. The first kappa shape index (κ1) is 18.2. The van der Waals surface area contributed by atoms with Crippen LogP contribution in [0.15, 0.2) is 67.4 Å². The third-order valence-corrected chi connectivity index (χ3v) is 5.47. The van der Waals surface area contributed by atoms with Crippen molar-refractivity contribution in [2.75, 3.05) is 18.4 Å². The number of benzene rings is 1. The summed E-state index contributed by atoms with van der Waals surface area (Å²) < 4.78 is 2.01.